The molecule has 0 saturated carbocycles. The maximum atomic E-state index is 11.6. The number of rotatable bonds is 4. The fourth-order valence-corrected chi connectivity index (χ4v) is 1.74. The number of hydrogen-bond acceptors (Lipinski definition) is 4. The van der Waals surface area contributed by atoms with E-state index in [1.54, 1.807) is 7.11 Å². The Hall–Kier alpha value is -1.75. The van der Waals surface area contributed by atoms with Crippen LogP contribution in [-0.4, -0.2) is 25.3 Å². The zero-order chi connectivity index (χ0) is 15.3. The van der Waals surface area contributed by atoms with E-state index in [-0.39, 0.29) is 12.6 Å². The van der Waals surface area contributed by atoms with E-state index in [1.165, 1.54) is 0 Å². The molecule has 1 aromatic carbocycles. The molecule has 0 aliphatic rings. The van der Waals surface area contributed by atoms with Crippen molar-refractivity contribution >= 4 is 6.09 Å². The van der Waals surface area contributed by atoms with Gasteiger partial charge in [-0.1, -0.05) is 12.1 Å². The third-order valence-corrected chi connectivity index (χ3v) is 2.65. The highest BCUT2D eigenvalue weighted by Crippen LogP contribution is 2.24. The number of nitrogens with two attached hydrogens (primary N) is 1. The maximum Gasteiger partial charge on any atom is 0.407 e. The normalized spacial score (nSPS) is 12.7. The van der Waals surface area contributed by atoms with Crippen molar-refractivity contribution in [2.45, 2.75) is 39.3 Å². The molecule has 0 spiro atoms. The summed E-state index contributed by atoms with van der Waals surface area (Å²) < 4.78 is 10.5. The van der Waals surface area contributed by atoms with Gasteiger partial charge in [-0.25, -0.2) is 4.79 Å². The fraction of sp³-hybridized carbons (Fsp3) is 0.533. The van der Waals surface area contributed by atoms with Crippen molar-refractivity contribution in [2.24, 2.45) is 5.73 Å². The van der Waals surface area contributed by atoms with E-state index in [4.69, 9.17) is 15.2 Å². The van der Waals surface area contributed by atoms with E-state index in [9.17, 15) is 4.79 Å². The van der Waals surface area contributed by atoms with Gasteiger partial charge in [0.2, 0.25) is 0 Å². The first-order chi connectivity index (χ1) is 9.23. The second kappa shape index (κ2) is 6.61. The molecule has 112 valence electrons. The zero-order valence-corrected chi connectivity index (χ0v) is 12.8. The van der Waals surface area contributed by atoms with Crippen LogP contribution in [0.15, 0.2) is 18.2 Å². The average Bonchev–Trinajstić information content (AvgIpc) is 2.33. The van der Waals surface area contributed by atoms with Gasteiger partial charge in [0, 0.05) is 12.1 Å². The molecule has 5 nitrogen and oxygen atoms in total. The highest BCUT2D eigenvalue weighted by Gasteiger charge is 2.18. The number of amides is 1. The van der Waals surface area contributed by atoms with Crippen LogP contribution in [0, 0.1) is 6.92 Å². The standard InChI is InChI=1S/C15H24N2O3/c1-10-6-7-11(13(8-10)19-5)12(16)9-17-14(18)20-15(2,3)4/h6-8,12H,9,16H2,1-5H3,(H,17,18). The Morgan fingerprint density at radius 2 is 2.05 bits per heavy atom. The van der Waals surface area contributed by atoms with Gasteiger partial charge in [-0.3, -0.25) is 0 Å². The number of benzene rings is 1. The van der Waals surface area contributed by atoms with Crippen LogP contribution < -0.4 is 15.8 Å². The van der Waals surface area contributed by atoms with E-state index in [2.05, 4.69) is 5.32 Å². The van der Waals surface area contributed by atoms with Crippen LogP contribution in [0.3, 0.4) is 0 Å². The van der Waals surface area contributed by atoms with Crippen molar-refractivity contribution in [1.29, 1.82) is 0 Å². The highest BCUT2D eigenvalue weighted by molar-refractivity contribution is 5.67. The summed E-state index contributed by atoms with van der Waals surface area (Å²) in [5, 5.41) is 2.66. The summed E-state index contributed by atoms with van der Waals surface area (Å²) in [6.45, 7) is 7.71. The predicted molar refractivity (Wildman–Crippen MR) is 78.9 cm³/mol. The van der Waals surface area contributed by atoms with Gasteiger partial charge in [0.25, 0.3) is 0 Å². The number of nitrogens with one attached hydrogen (secondary N) is 1. The fourth-order valence-electron chi connectivity index (χ4n) is 1.74. The molecule has 1 atom stereocenters. The molecular weight excluding hydrogens is 256 g/mol. The lowest BCUT2D eigenvalue weighted by Gasteiger charge is -2.21. The lowest BCUT2D eigenvalue weighted by Crippen LogP contribution is -2.36. The van der Waals surface area contributed by atoms with Gasteiger partial charge in [0.05, 0.1) is 13.2 Å². The lowest BCUT2D eigenvalue weighted by molar-refractivity contribution is 0.0524. The number of methoxy groups -OCH3 is 1. The molecule has 20 heavy (non-hydrogen) atoms. The van der Waals surface area contributed by atoms with Crippen LogP contribution in [0.1, 0.15) is 37.9 Å². The topological polar surface area (TPSA) is 73.6 Å². The lowest BCUT2D eigenvalue weighted by atomic mass is 10.0. The van der Waals surface area contributed by atoms with Crippen molar-refractivity contribution in [2.75, 3.05) is 13.7 Å². The molecule has 0 saturated heterocycles. The molecule has 1 rings (SSSR count). The van der Waals surface area contributed by atoms with E-state index in [0.29, 0.717) is 0 Å². The summed E-state index contributed by atoms with van der Waals surface area (Å²) >= 11 is 0. The van der Waals surface area contributed by atoms with Gasteiger partial charge in [-0.05, 0) is 39.3 Å². The van der Waals surface area contributed by atoms with Crippen molar-refractivity contribution in [3.63, 3.8) is 0 Å². The third kappa shape index (κ3) is 5.09. The third-order valence-electron chi connectivity index (χ3n) is 2.65. The van der Waals surface area contributed by atoms with Gasteiger partial charge in [0.15, 0.2) is 0 Å². The largest absolute Gasteiger partial charge is 0.496 e. The Labute approximate surface area is 120 Å². The summed E-state index contributed by atoms with van der Waals surface area (Å²) in [7, 11) is 1.60. The number of carbonyl (C=O) groups is 1. The molecule has 0 bridgehead atoms. The van der Waals surface area contributed by atoms with Crippen molar-refractivity contribution < 1.29 is 14.3 Å². The second-order valence-electron chi connectivity index (χ2n) is 5.73. The maximum absolute atomic E-state index is 11.6. The first kappa shape index (κ1) is 16.3. The summed E-state index contributed by atoms with van der Waals surface area (Å²) in [5.41, 5.74) is 7.52. The Kier molecular flexibility index (Phi) is 5.39. The van der Waals surface area contributed by atoms with Crippen molar-refractivity contribution in [3.05, 3.63) is 29.3 Å². The molecule has 0 aliphatic carbocycles. The molecule has 0 aliphatic heterocycles. The summed E-state index contributed by atoms with van der Waals surface area (Å²) in [6, 6.07) is 5.45. The number of hydrogen-bond donors (Lipinski definition) is 2. The Balaban J connectivity index is 2.63. The molecule has 0 heterocycles. The molecule has 1 unspecified atom stereocenters. The molecule has 0 fully saturated rings. The molecule has 0 aromatic heterocycles. The number of aryl methyl sites for hydroxylation is 1. The summed E-state index contributed by atoms with van der Waals surface area (Å²) in [5.74, 6) is 0.725. The van der Waals surface area contributed by atoms with E-state index < -0.39 is 11.7 Å². The van der Waals surface area contributed by atoms with Gasteiger partial charge < -0.3 is 20.5 Å². The molecule has 3 N–H and O–H groups in total. The first-order valence-electron chi connectivity index (χ1n) is 6.60. The molecule has 1 amide bonds. The van der Waals surface area contributed by atoms with Gasteiger partial charge in [-0.15, -0.1) is 0 Å². The summed E-state index contributed by atoms with van der Waals surface area (Å²) in [4.78, 5) is 11.6. The Morgan fingerprint density at radius 1 is 1.40 bits per heavy atom. The van der Waals surface area contributed by atoms with Crippen LogP contribution in [0.5, 0.6) is 5.75 Å². The smallest absolute Gasteiger partial charge is 0.407 e. The minimum atomic E-state index is -0.518. The number of carbonyl (C=O) groups excluding carboxylic acids is 1. The van der Waals surface area contributed by atoms with Crippen LogP contribution in [0.25, 0.3) is 0 Å². The van der Waals surface area contributed by atoms with Crippen LogP contribution in [-0.2, 0) is 4.74 Å². The zero-order valence-electron chi connectivity index (χ0n) is 12.8. The monoisotopic (exact) mass is 280 g/mol. The molecular formula is C15H24N2O3. The molecule has 0 radical (unpaired) electrons. The van der Waals surface area contributed by atoms with E-state index >= 15 is 0 Å². The Morgan fingerprint density at radius 3 is 2.60 bits per heavy atom. The van der Waals surface area contributed by atoms with Crippen LogP contribution >= 0.6 is 0 Å². The summed E-state index contributed by atoms with van der Waals surface area (Å²) in [6.07, 6.45) is -0.473. The predicted octanol–water partition coefficient (Wildman–Crippen LogP) is 2.53. The van der Waals surface area contributed by atoms with Crippen molar-refractivity contribution in [3.8, 4) is 5.75 Å². The van der Waals surface area contributed by atoms with E-state index in [0.717, 1.165) is 16.9 Å². The highest BCUT2D eigenvalue weighted by atomic mass is 16.6. The molecule has 5 heteroatoms. The SMILES string of the molecule is COc1cc(C)ccc1C(N)CNC(=O)OC(C)(C)C. The Bertz CT molecular complexity index is 467. The minimum absolute atomic E-state index is 0.286. The van der Waals surface area contributed by atoms with Crippen LogP contribution in [0.4, 0.5) is 4.79 Å². The van der Waals surface area contributed by atoms with E-state index in [1.807, 2.05) is 45.9 Å². The second-order valence-corrected chi connectivity index (χ2v) is 5.73. The van der Waals surface area contributed by atoms with Crippen molar-refractivity contribution in [1.82, 2.24) is 5.32 Å². The number of alkyl carbamates (subject to hydrolysis) is 1. The number of ether oxygens (including phenoxy) is 2. The average molecular weight is 280 g/mol. The van der Waals surface area contributed by atoms with Crippen LogP contribution in [0.2, 0.25) is 0 Å². The quantitative estimate of drug-likeness (QED) is 0.889. The molecule has 1 aromatic rings. The van der Waals surface area contributed by atoms with Gasteiger partial charge in [0.1, 0.15) is 11.4 Å². The van der Waals surface area contributed by atoms with Gasteiger partial charge in [-0.2, -0.15) is 0 Å². The first-order valence-corrected chi connectivity index (χ1v) is 6.60. The van der Waals surface area contributed by atoms with Gasteiger partial charge >= 0.3 is 6.09 Å². The minimum Gasteiger partial charge on any atom is -0.496 e.